The van der Waals surface area contributed by atoms with Crippen molar-refractivity contribution in [1.29, 1.82) is 0 Å². The fraction of sp³-hybridized carbons (Fsp3) is 0.714. The predicted octanol–water partition coefficient (Wildman–Crippen LogP) is 4.57. The van der Waals surface area contributed by atoms with Crippen LogP contribution in [-0.2, 0) is 9.59 Å². The minimum absolute atomic E-state index is 0.152. The van der Waals surface area contributed by atoms with Gasteiger partial charge in [-0.25, -0.2) is 0 Å². The van der Waals surface area contributed by atoms with E-state index in [1.807, 2.05) is 0 Å². The molecule has 10 heteroatoms. The van der Waals surface area contributed by atoms with Gasteiger partial charge in [0, 0.05) is 25.9 Å². The third-order valence-electron chi connectivity index (χ3n) is 4.04. The molecular weight excluding hydrogens is 441 g/mol. The molecule has 0 saturated carbocycles. The highest BCUT2D eigenvalue weighted by molar-refractivity contribution is 6.68. The van der Waals surface area contributed by atoms with Gasteiger partial charge in [-0.1, -0.05) is 83.5 Å². The summed E-state index contributed by atoms with van der Waals surface area (Å²) in [6.07, 6.45) is 1.69. The monoisotopic (exact) mass is 456 g/mol. The Morgan fingerprint density at radius 3 is 1.96 bits per heavy atom. The second-order valence-electron chi connectivity index (χ2n) is 5.89. The first-order valence-corrected chi connectivity index (χ1v) is 9.34. The molecule has 0 N–H and O–H groups in total. The van der Waals surface area contributed by atoms with Crippen LogP contribution < -0.4 is 0 Å². The van der Waals surface area contributed by atoms with E-state index >= 15 is 0 Å². The molecule has 4 nitrogen and oxygen atoms in total. The predicted molar refractivity (Wildman–Crippen MR) is 101 cm³/mol. The highest BCUT2D eigenvalue weighted by Gasteiger charge is 2.43. The summed E-state index contributed by atoms with van der Waals surface area (Å²) in [5, 5.41) is 0. The quantitative estimate of drug-likeness (QED) is 0.459. The van der Waals surface area contributed by atoms with E-state index in [1.54, 1.807) is 13.8 Å². The van der Waals surface area contributed by atoms with Crippen molar-refractivity contribution >= 4 is 81.4 Å². The van der Waals surface area contributed by atoms with Gasteiger partial charge >= 0.3 is 0 Å². The summed E-state index contributed by atoms with van der Waals surface area (Å²) in [4.78, 5) is 27.8. The Morgan fingerprint density at radius 2 is 1.54 bits per heavy atom. The van der Waals surface area contributed by atoms with Crippen molar-refractivity contribution in [3.63, 3.8) is 0 Å². The van der Waals surface area contributed by atoms with E-state index in [1.165, 1.54) is 30.0 Å². The van der Waals surface area contributed by atoms with E-state index in [4.69, 9.17) is 69.6 Å². The van der Waals surface area contributed by atoms with Gasteiger partial charge in [-0.05, 0) is 12.5 Å². The Bertz CT molecular complexity index is 540. The molecule has 0 aromatic heterocycles. The Balaban J connectivity index is 3.09. The molecule has 1 unspecified atom stereocenters. The van der Waals surface area contributed by atoms with Crippen molar-refractivity contribution in [3.05, 3.63) is 11.8 Å². The molecule has 138 valence electrons. The zero-order valence-electron chi connectivity index (χ0n) is 13.5. The zero-order chi connectivity index (χ0) is 19.0. The molecule has 0 spiro atoms. The first kappa shape index (κ1) is 22.5. The molecule has 0 radical (unpaired) electrons. The molecule has 1 aliphatic heterocycles. The van der Waals surface area contributed by atoms with Gasteiger partial charge in [0.2, 0.25) is 5.91 Å². The lowest BCUT2D eigenvalue weighted by Crippen LogP contribution is -2.56. The van der Waals surface area contributed by atoms with Crippen molar-refractivity contribution in [1.82, 2.24) is 9.80 Å². The molecule has 0 aliphatic carbocycles. The van der Waals surface area contributed by atoms with Crippen LogP contribution in [0.4, 0.5) is 0 Å². The number of nitrogens with zero attached hydrogens (tertiary/aromatic N) is 2. The molecule has 0 bridgehead atoms. The summed E-state index contributed by atoms with van der Waals surface area (Å²) < 4.78 is -3.11. The Kier molecular flexibility index (Phi) is 7.46. The van der Waals surface area contributed by atoms with Crippen LogP contribution >= 0.6 is 69.6 Å². The van der Waals surface area contributed by atoms with Crippen LogP contribution in [0.15, 0.2) is 11.8 Å². The van der Waals surface area contributed by atoms with Crippen molar-refractivity contribution in [3.8, 4) is 0 Å². The molecule has 1 heterocycles. The third-order valence-corrected chi connectivity index (χ3v) is 6.19. The number of likely N-dealkylation sites (N-methyl/N-ethyl adjacent to an activating group) is 2. The Morgan fingerprint density at radius 1 is 1.04 bits per heavy atom. The minimum Gasteiger partial charge on any atom is -0.328 e. The third kappa shape index (κ3) is 5.21. The van der Waals surface area contributed by atoms with Crippen molar-refractivity contribution in [2.75, 3.05) is 14.1 Å². The fourth-order valence-corrected chi connectivity index (χ4v) is 2.67. The average molecular weight is 459 g/mol. The SMILES string of the molecule is C[C@@H](/C=C1/C(=O)N(C)C(C[C@H](C)C(Cl)(Cl)Cl)C(=O)N1C)C(Cl)(Cl)Cl. The van der Waals surface area contributed by atoms with Crippen molar-refractivity contribution in [2.24, 2.45) is 11.8 Å². The maximum atomic E-state index is 12.6. The topological polar surface area (TPSA) is 40.6 Å². The maximum absolute atomic E-state index is 12.6. The molecule has 1 aliphatic rings. The number of hydrogen-bond acceptors (Lipinski definition) is 2. The lowest BCUT2D eigenvalue weighted by Gasteiger charge is -2.40. The summed E-state index contributed by atoms with van der Waals surface area (Å²) in [6.45, 7) is 3.34. The lowest BCUT2D eigenvalue weighted by atomic mass is 9.97. The van der Waals surface area contributed by atoms with Gasteiger partial charge < -0.3 is 9.80 Å². The van der Waals surface area contributed by atoms with E-state index in [0.29, 0.717) is 0 Å². The number of alkyl halides is 6. The molecule has 0 aromatic rings. The van der Waals surface area contributed by atoms with Gasteiger partial charge in [-0.2, -0.15) is 0 Å². The number of piperazine rings is 1. The molecule has 1 saturated heterocycles. The fourth-order valence-electron chi connectivity index (χ4n) is 2.22. The standard InChI is InChI=1S/C14H18Cl6N2O2/c1-7(13(15,16)17)5-9-11(23)22(4)10(12(24)21(9)3)6-8(2)14(18,19)20/h5,7-8,10H,6H2,1-4H3/b9-5-/t7-,8-,10?/m0/s1. The van der Waals surface area contributed by atoms with Crippen LogP contribution in [0, 0.1) is 11.8 Å². The average Bonchev–Trinajstić information content (AvgIpc) is 2.43. The first-order chi connectivity index (χ1) is 10.7. The summed E-state index contributed by atoms with van der Waals surface area (Å²) in [7, 11) is 3.02. The lowest BCUT2D eigenvalue weighted by molar-refractivity contribution is -0.149. The van der Waals surface area contributed by atoms with Crippen LogP contribution in [0.1, 0.15) is 20.3 Å². The second-order valence-corrected chi connectivity index (χ2v) is 10.6. The smallest absolute Gasteiger partial charge is 0.270 e. The summed E-state index contributed by atoms with van der Waals surface area (Å²) >= 11 is 35.1. The van der Waals surface area contributed by atoms with Gasteiger partial charge in [0.25, 0.3) is 5.91 Å². The number of rotatable bonds is 3. The van der Waals surface area contributed by atoms with Gasteiger partial charge in [0.1, 0.15) is 11.7 Å². The number of hydrogen-bond donors (Lipinski definition) is 0. The molecule has 0 aromatic carbocycles. The van der Waals surface area contributed by atoms with Gasteiger partial charge in [-0.15, -0.1) is 0 Å². The number of halogens is 6. The van der Waals surface area contributed by atoms with Crippen LogP contribution in [0.5, 0.6) is 0 Å². The molecular formula is C14H18Cl6N2O2. The highest BCUT2D eigenvalue weighted by Crippen LogP contribution is 2.39. The van der Waals surface area contributed by atoms with E-state index in [9.17, 15) is 9.59 Å². The van der Waals surface area contributed by atoms with Crippen LogP contribution in [0.3, 0.4) is 0 Å². The molecule has 1 rings (SSSR count). The van der Waals surface area contributed by atoms with Gasteiger partial charge in [0.15, 0.2) is 7.59 Å². The molecule has 2 amide bonds. The van der Waals surface area contributed by atoms with Gasteiger partial charge in [-0.3, -0.25) is 9.59 Å². The van der Waals surface area contributed by atoms with Crippen molar-refractivity contribution in [2.45, 2.75) is 33.9 Å². The number of carbonyl (C=O) groups is 2. The maximum Gasteiger partial charge on any atom is 0.270 e. The highest BCUT2D eigenvalue weighted by atomic mass is 35.6. The van der Waals surface area contributed by atoms with E-state index < -0.39 is 25.5 Å². The van der Waals surface area contributed by atoms with Crippen LogP contribution in [0.2, 0.25) is 0 Å². The van der Waals surface area contributed by atoms with E-state index in [0.717, 1.165) is 0 Å². The number of amides is 2. The number of carbonyl (C=O) groups excluding carboxylic acids is 2. The van der Waals surface area contributed by atoms with E-state index in [2.05, 4.69) is 0 Å². The largest absolute Gasteiger partial charge is 0.328 e. The van der Waals surface area contributed by atoms with Crippen molar-refractivity contribution < 1.29 is 9.59 Å². The van der Waals surface area contributed by atoms with Gasteiger partial charge in [0.05, 0.1) is 0 Å². The summed E-state index contributed by atoms with van der Waals surface area (Å²) in [5.41, 5.74) is 0.152. The zero-order valence-corrected chi connectivity index (χ0v) is 18.0. The number of allylic oxidation sites excluding steroid dienone is 1. The molecule has 24 heavy (non-hydrogen) atoms. The van der Waals surface area contributed by atoms with Crippen LogP contribution in [-0.4, -0.2) is 49.3 Å². The molecule has 1 fully saturated rings. The summed E-state index contributed by atoms with van der Waals surface area (Å²) in [5.74, 6) is -1.65. The Labute approximate surface area is 171 Å². The van der Waals surface area contributed by atoms with E-state index in [-0.39, 0.29) is 23.9 Å². The Hall–Kier alpha value is 0.420. The summed E-state index contributed by atoms with van der Waals surface area (Å²) in [6, 6.07) is -0.728. The van der Waals surface area contributed by atoms with Crippen LogP contribution in [0.25, 0.3) is 0 Å². The molecule has 3 atom stereocenters. The minimum atomic E-state index is -1.59. The normalized spacial score (nSPS) is 24.6. The second kappa shape index (κ2) is 7.98. The first-order valence-electron chi connectivity index (χ1n) is 7.07.